The van der Waals surface area contributed by atoms with Crippen LogP contribution in [0, 0.1) is 17.5 Å². The van der Waals surface area contributed by atoms with E-state index in [0.29, 0.717) is 11.1 Å². The molecule has 2 aromatic carbocycles. The van der Waals surface area contributed by atoms with Crippen molar-refractivity contribution in [3.05, 3.63) is 64.0 Å². The lowest BCUT2D eigenvalue weighted by molar-refractivity contribution is 0.103. The Hall–Kier alpha value is -2.30. The van der Waals surface area contributed by atoms with Crippen LogP contribution in [0.1, 0.15) is 66.6 Å². The number of carbonyl (C=O) groups is 1. The number of hydrogen-bond acceptors (Lipinski definition) is 2. The van der Waals surface area contributed by atoms with Crippen molar-refractivity contribution in [3.63, 3.8) is 0 Å². The fourth-order valence-electron chi connectivity index (χ4n) is 2.55. The zero-order valence-electron chi connectivity index (χ0n) is 14.0. The third kappa shape index (κ3) is 3.16. The molecule has 0 atom stereocenters. The highest BCUT2D eigenvalue weighted by Gasteiger charge is 2.23. The molecular weight excluding hydrogens is 317 g/mol. The smallest absolute Gasteiger partial charge is 0.196 e. The van der Waals surface area contributed by atoms with Gasteiger partial charge in [0.25, 0.3) is 0 Å². The molecule has 0 unspecified atom stereocenters. The SMILES string of the molecule is CC(C)c1cc(C(=O)c2ccc(F)c(F)c2F)cc(C(C)C)c1O. The van der Waals surface area contributed by atoms with Gasteiger partial charge in [0.15, 0.2) is 23.2 Å². The lowest BCUT2D eigenvalue weighted by Gasteiger charge is -2.17. The molecule has 1 N–H and O–H groups in total. The van der Waals surface area contributed by atoms with Gasteiger partial charge in [-0.05, 0) is 47.2 Å². The second-order valence-electron chi connectivity index (χ2n) is 6.36. The quantitative estimate of drug-likeness (QED) is 0.609. The highest BCUT2D eigenvalue weighted by molar-refractivity contribution is 6.09. The molecule has 0 heterocycles. The maximum Gasteiger partial charge on any atom is 0.196 e. The molecular formula is C19H19F3O2. The number of hydrogen-bond donors (Lipinski definition) is 1. The summed E-state index contributed by atoms with van der Waals surface area (Å²) in [5.74, 6) is -5.31. The summed E-state index contributed by atoms with van der Waals surface area (Å²) in [7, 11) is 0. The van der Waals surface area contributed by atoms with Crippen LogP contribution in [0.2, 0.25) is 0 Å². The summed E-state index contributed by atoms with van der Waals surface area (Å²) < 4.78 is 40.4. The number of halogens is 3. The van der Waals surface area contributed by atoms with Gasteiger partial charge in [-0.2, -0.15) is 0 Å². The van der Waals surface area contributed by atoms with Crippen LogP contribution in [0.5, 0.6) is 5.75 Å². The number of aromatic hydroxyl groups is 1. The summed E-state index contributed by atoms with van der Waals surface area (Å²) in [6.45, 7) is 7.41. The van der Waals surface area contributed by atoms with Gasteiger partial charge in [0.2, 0.25) is 0 Å². The Kier molecular flexibility index (Phi) is 5.02. The molecule has 5 heteroatoms. The van der Waals surface area contributed by atoms with Crippen molar-refractivity contribution in [2.24, 2.45) is 0 Å². The van der Waals surface area contributed by atoms with E-state index < -0.39 is 28.8 Å². The highest BCUT2D eigenvalue weighted by atomic mass is 19.2. The van der Waals surface area contributed by atoms with E-state index in [2.05, 4.69) is 0 Å². The normalized spacial score (nSPS) is 11.4. The van der Waals surface area contributed by atoms with Gasteiger partial charge in [0.05, 0.1) is 5.56 Å². The summed E-state index contributed by atoms with van der Waals surface area (Å²) in [6.07, 6.45) is 0. The Morgan fingerprint density at radius 2 is 1.42 bits per heavy atom. The molecule has 24 heavy (non-hydrogen) atoms. The van der Waals surface area contributed by atoms with E-state index in [1.165, 1.54) is 12.1 Å². The zero-order valence-corrected chi connectivity index (χ0v) is 14.0. The van der Waals surface area contributed by atoms with Crippen LogP contribution < -0.4 is 0 Å². The molecule has 0 fully saturated rings. The van der Waals surface area contributed by atoms with Crippen molar-refractivity contribution in [1.82, 2.24) is 0 Å². The predicted octanol–water partition coefficient (Wildman–Crippen LogP) is 5.29. The van der Waals surface area contributed by atoms with Gasteiger partial charge in [-0.1, -0.05) is 27.7 Å². The zero-order chi connectivity index (χ0) is 18.2. The fraction of sp³-hybridized carbons (Fsp3) is 0.316. The molecule has 0 radical (unpaired) electrons. The Morgan fingerprint density at radius 3 is 1.88 bits per heavy atom. The minimum atomic E-state index is -1.67. The van der Waals surface area contributed by atoms with Gasteiger partial charge in [0.1, 0.15) is 5.75 Å². The Bertz CT molecular complexity index is 766. The highest BCUT2D eigenvalue weighted by Crippen LogP contribution is 2.35. The first-order chi connectivity index (χ1) is 11.1. The van der Waals surface area contributed by atoms with Crippen LogP contribution in [0.3, 0.4) is 0 Å². The summed E-state index contributed by atoms with van der Waals surface area (Å²) in [4.78, 5) is 12.6. The van der Waals surface area contributed by atoms with Gasteiger partial charge in [0, 0.05) is 5.56 Å². The molecule has 0 saturated carbocycles. The molecule has 0 aliphatic rings. The third-order valence-corrected chi connectivity index (χ3v) is 3.95. The van der Waals surface area contributed by atoms with Crippen LogP contribution in [-0.4, -0.2) is 10.9 Å². The monoisotopic (exact) mass is 336 g/mol. The van der Waals surface area contributed by atoms with Gasteiger partial charge < -0.3 is 5.11 Å². The van der Waals surface area contributed by atoms with Gasteiger partial charge in [-0.25, -0.2) is 13.2 Å². The summed E-state index contributed by atoms with van der Waals surface area (Å²) in [5.41, 5.74) is 0.689. The number of rotatable bonds is 4. The summed E-state index contributed by atoms with van der Waals surface area (Å²) >= 11 is 0. The Balaban J connectivity index is 2.64. The second kappa shape index (κ2) is 6.67. The number of ketones is 1. The lowest BCUT2D eigenvalue weighted by Crippen LogP contribution is -2.09. The maximum absolute atomic E-state index is 13.9. The number of carbonyl (C=O) groups excluding carboxylic acids is 1. The molecule has 128 valence electrons. The van der Waals surface area contributed by atoms with E-state index in [1.54, 1.807) is 0 Å². The van der Waals surface area contributed by atoms with Crippen LogP contribution in [-0.2, 0) is 0 Å². The second-order valence-corrected chi connectivity index (χ2v) is 6.36. The fourth-order valence-corrected chi connectivity index (χ4v) is 2.55. The molecule has 2 nitrogen and oxygen atoms in total. The van der Waals surface area contributed by atoms with E-state index in [-0.39, 0.29) is 23.1 Å². The molecule has 0 aromatic heterocycles. The average Bonchev–Trinajstić information content (AvgIpc) is 2.51. The van der Waals surface area contributed by atoms with Crippen molar-refractivity contribution in [3.8, 4) is 5.75 Å². The largest absolute Gasteiger partial charge is 0.507 e. The number of phenols is 1. The molecule has 0 amide bonds. The lowest BCUT2D eigenvalue weighted by atomic mass is 9.89. The summed E-state index contributed by atoms with van der Waals surface area (Å²) in [6, 6.07) is 4.58. The van der Waals surface area contributed by atoms with Crippen LogP contribution in [0.15, 0.2) is 24.3 Å². The molecule has 0 aliphatic carbocycles. The van der Waals surface area contributed by atoms with Crippen molar-refractivity contribution in [1.29, 1.82) is 0 Å². The van der Waals surface area contributed by atoms with Crippen molar-refractivity contribution in [2.75, 3.05) is 0 Å². The third-order valence-electron chi connectivity index (χ3n) is 3.95. The van der Waals surface area contributed by atoms with E-state index in [1.807, 2.05) is 27.7 Å². The molecule has 0 bridgehead atoms. The molecule has 0 saturated heterocycles. The van der Waals surface area contributed by atoms with Gasteiger partial charge in [-0.15, -0.1) is 0 Å². The van der Waals surface area contributed by atoms with Gasteiger partial charge in [-0.3, -0.25) is 4.79 Å². The average molecular weight is 336 g/mol. The van der Waals surface area contributed by atoms with E-state index in [4.69, 9.17) is 0 Å². The first kappa shape index (κ1) is 18.0. The maximum atomic E-state index is 13.9. The molecule has 0 aliphatic heterocycles. The summed E-state index contributed by atoms with van der Waals surface area (Å²) in [5, 5.41) is 10.3. The number of benzene rings is 2. The van der Waals surface area contributed by atoms with E-state index in [0.717, 1.165) is 12.1 Å². The Labute approximate surface area is 138 Å². The van der Waals surface area contributed by atoms with E-state index in [9.17, 15) is 23.1 Å². The van der Waals surface area contributed by atoms with Crippen molar-refractivity contribution in [2.45, 2.75) is 39.5 Å². The number of phenolic OH excluding ortho intramolecular Hbond substituents is 1. The van der Waals surface area contributed by atoms with Crippen LogP contribution >= 0.6 is 0 Å². The molecule has 2 rings (SSSR count). The standard InChI is InChI=1S/C19H19F3O2/c1-9(2)13-7-11(8-14(10(3)4)19(13)24)18(23)12-5-6-15(20)17(22)16(12)21/h5-10,24H,1-4H3. The molecule has 2 aromatic rings. The van der Waals surface area contributed by atoms with Crippen molar-refractivity contribution < 1.29 is 23.1 Å². The first-order valence-corrected chi connectivity index (χ1v) is 7.70. The minimum Gasteiger partial charge on any atom is -0.507 e. The Morgan fingerprint density at radius 1 is 0.917 bits per heavy atom. The van der Waals surface area contributed by atoms with Crippen LogP contribution in [0.4, 0.5) is 13.2 Å². The van der Waals surface area contributed by atoms with Crippen LogP contribution in [0.25, 0.3) is 0 Å². The van der Waals surface area contributed by atoms with Crippen molar-refractivity contribution >= 4 is 5.78 Å². The van der Waals surface area contributed by atoms with Gasteiger partial charge >= 0.3 is 0 Å². The molecule has 0 spiro atoms. The topological polar surface area (TPSA) is 37.3 Å². The predicted molar refractivity (Wildman–Crippen MR) is 86.0 cm³/mol. The minimum absolute atomic E-state index is 0.0648. The van der Waals surface area contributed by atoms with E-state index >= 15 is 0 Å². The first-order valence-electron chi connectivity index (χ1n) is 7.70.